The van der Waals surface area contributed by atoms with E-state index in [1.165, 1.54) is 6.07 Å². The molecular formula is C21H28FNO3. The molecule has 5 heteroatoms. The topological polar surface area (TPSA) is 46.6 Å². The molecule has 2 heterocycles. The minimum absolute atomic E-state index is 0.0743. The van der Waals surface area contributed by atoms with Crippen LogP contribution in [0, 0.1) is 11.7 Å². The van der Waals surface area contributed by atoms with Crippen LogP contribution in [0.5, 0.6) is 0 Å². The van der Waals surface area contributed by atoms with E-state index in [1.807, 2.05) is 25.7 Å². The van der Waals surface area contributed by atoms with Crippen molar-refractivity contribution >= 4 is 11.9 Å². The first-order valence-corrected chi connectivity index (χ1v) is 9.49. The second kappa shape index (κ2) is 7.37. The zero-order valence-corrected chi connectivity index (χ0v) is 15.8. The van der Waals surface area contributed by atoms with Crippen molar-refractivity contribution in [3.05, 3.63) is 35.6 Å². The maximum atomic E-state index is 13.7. The van der Waals surface area contributed by atoms with Crippen molar-refractivity contribution in [1.82, 2.24) is 4.90 Å². The van der Waals surface area contributed by atoms with Gasteiger partial charge in [0.25, 0.3) is 0 Å². The Morgan fingerprint density at radius 1 is 1.15 bits per heavy atom. The average Bonchev–Trinajstić information content (AvgIpc) is 2.80. The van der Waals surface area contributed by atoms with E-state index in [0.29, 0.717) is 12.0 Å². The summed E-state index contributed by atoms with van der Waals surface area (Å²) in [4.78, 5) is 26.8. The fourth-order valence-corrected chi connectivity index (χ4v) is 4.32. The van der Waals surface area contributed by atoms with Gasteiger partial charge in [-0.2, -0.15) is 0 Å². The third-order valence-corrected chi connectivity index (χ3v) is 5.30. The first-order valence-electron chi connectivity index (χ1n) is 9.49. The molecule has 0 saturated carbocycles. The Hall–Kier alpha value is -1.91. The molecule has 0 N–H and O–H groups in total. The van der Waals surface area contributed by atoms with E-state index in [-0.39, 0.29) is 42.1 Å². The minimum atomic E-state index is -0.497. The van der Waals surface area contributed by atoms with Crippen LogP contribution in [0.1, 0.15) is 58.4 Å². The molecular weight excluding hydrogens is 333 g/mol. The number of ketones is 1. The number of fused-ring (bicyclic) bond motifs is 2. The number of benzene rings is 1. The number of piperidine rings is 1. The van der Waals surface area contributed by atoms with Crippen LogP contribution in [0.25, 0.3) is 0 Å². The summed E-state index contributed by atoms with van der Waals surface area (Å²) in [6.07, 6.45) is 3.99. The predicted molar refractivity (Wildman–Crippen MR) is 97.3 cm³/mol. The standard InChI is InChI=1S/C21H28FNO3/c1-21(2,3)26-20(25)23-16-8-9-17(23)11-14(10-16)12-18(24)13-15-6-4-5-7-19(15)22/h4-7,14,16-17H,8-13H2,1-3H3/t14-,16+,17-. The second-order valence-electron chi connectivity index (χ2n) is 8.62. The first kappa shape index (κ1) is 18.9. The third-order valence-electron chi connectivity index (χ3n) is 5.30. The minimum Gasteiger partial charge on any atom is -0.444 e. The number of amides is 1. The molecule has 4 nitrogen and oxygen atoms in total. The van der Waals surface area contributed by atoms with Crippen molar-refractivity contribution in [2.24, 2.45) is 5.92 Å². The fraction of sp³-hybridized carbons (Fsp3) is 0.619. The summed E-state index contributed by atoms with van der Waals surface area (Å²) in [6, 6.07) is 6.77. The summed E-state index contributed by atoms with van der Waals surface area (Å²) >= 11 is 0. The molecule has 3 rings (SSSR count). The smallest absolute Gasteiger partial charge is 0.410 e. The predicted octanol–water partition coefficient (Wildman–Crippen LogP) is 4.51. The van der Waals surface area contributed by atoms with E-state index in [2.05, 4.69) is 0 Å². The van der Waals surface area contributed by atoms with Gasteiger partial charge in [-0.25, -0.2) is 9.18 Å². The number of halogens is 1. The Labute approximate surface area is 154 Å². The van der Waals surface area contributed by atoms with Crippen LogP contribution >= 0.6 is 0 Å². The van der Waals surface area contributed by atoms with Crippen molar-refractivity contribution in [1.29, 1.82) is 0 Å². The highest BCUT2D eigenvalue weighted by atomic mass is 19.1. The van der Waals surface area contributed by atoms with Crippen LogP contribution in [0.4, 0.5) is 9.18 Å². The molecule has 0 aliphatic carbocycles. The van der Waals surface area contributed by atoms with Gasteiger partial charge in [-0.15, -0.1) is 0 Å². The van der Waals surface area contributed by atoms with Crippen LogP contribution in [-0.4, -0.2) is 34.5 Å². The van der Waals surface area contributed by atoms with Gasteiger partial charge >= 0.3 is 6.09 Å². The Bertz CT molecular complexity index is 668. The van der Waals surface area contributed by atoms with Crippen molar-refractivity contribution in [2.45, 2.75) is 77.0 Å². The highest BCUT2D eigenvalue weighted by molar-refractivity contribution is 5.81. The van der Waals surface area contributed by atoms with Gasteiger partial charge in [0.15, 0.2) is 0 Å². The molecule has 142 valence electrons. The van der Waals surface area contributed by atoms with Crippen LogP contribution in [0.15, 0.2) is 24.3 Å². The van der Waals surface area contributed by atoms with Crippen LogP contribution in [-0.2, 0) is 16.0 Å². The molecule has 2 aliphatic rings. The molecule has 3 atom stereocenters. The van der Waals surface area contributed by atoms with E-state index < -0.39 is 5.60 Å². The van der Waals surface area contributed by atoms with Gasteiger partial charge < -0.3 is 9.64 Å². The summed E-state index contributed by atoms with van der Waals surface area (Å²) in [5.41, 5.74) is -0.0324. The highest BCUT2D eigenvalue weighted by Crippen LogP contribution is 2.40. The Morgan fingerprint density at radius 3 is 2.35 bits per heavy atom. The van der Waals surface area contributed by atoms with E-state index in [1.54, 1.807) is 18.2 Å². The highest BCUT2D eigenvalue weighted by Gasteiger charge is 2.45. The monoisotopic (exact) mass is 361 g/mol. The molecule has 0 spiro atoms. The quantitative estimate of drug-likeness (QED) is 0.793. The van der Waals surface area contributed by atoms with Crippen molar-refractivity contribution < 1.29 is 18.7 Å². The van der Waals surface area contributed by atoms with Gasteiger partial charge in [0.1, 0.15) is 17.2 Å². The molecule has 1 aromatic rings. The zero-order chi connectivity index (χ0) is 18.9. The lowest BCUT2D eigenvalue weighted by Gasteiger charge is -2.39. The number of nitrogens with zero attached hydrogens (tertiary/aromatic N) is 1. The van der Waals surface area contributed by atoms with Gasteiger partial charge in [0, 0.05) is 24.9 Å². The van der Waals surface area contributed by atoms with E-state index in [4.69, 9.17) is 4.74 Å². The van der Waals surface area contributed by atoms with Crippen molar-refractivity contribution in [3.8, 4) is 0 Å². The van der Waals surface area contributed by atoms with Crippen LogP contribution in [0.2, 0.25) is 0 Å². The van der Waals surface area contributed by atoms with Crippen molar-refractivity contribution in [3.63, 3.8) is 0 Å². The Kier molecular flexibility index (Phi) is 5.35. The Morgan fingerprint density at radius 2 is 1.77 bits per heavy atom. The van der Waals surface area contributed by atoms with Crippen LogP contribution in [0.3, 0.4) is 0 Å². The normalized spacial score (nSPS) is 25.2. The summed E-state index contributed by atoms with van der Waals surface area (Å²) in [5.74, 6) is 0.0244. The number of ether oxygens (including phenoxy) is 1. The van der Waals surface area contributed by atoms with Gasteiger partial charge in [0.2, 0.25) is 0 Å². The maximum Gasteiger partial charge on any atom is 0.410 e. The number of hydrogen-bond acceptors (Lipinski definition) is 3. The van der Waals surface area contributed by atoms with Gasteiger partial charge in [-0.05, 0) is 64.0 Å². The first-order chi connectivity index (χ1) is 12.2. The van der Waals surface area contributed by atoms with E-state index >= 15 is 0 Å². The number of rotatable bonds is 4. The molecule has 2 saturated heterocycles. The second-order valence-corrected chi connectivity index (χ2v) is 8.62. The molecule has 26 heavy (non-hydrogen) atoms. The zero-order valence-electron chi connectivity index (χ0n) is 15.8. The molecule has 1 aromatic carbocycles. The van der Waals surface area contributed by atoms with Gasteiger partial charge in [-0.1, -0.05) is 18.2 Å². The molecule has 2 fully saturated rings. The summed E-state index contributed by atoms with van der Waals surface area (Å²) in [5, 5.41) is 0. The summed E-state index contributed by atoms with van der Waals surface area (Å²) < 4.78 is 19.3. The molecule has 2 aliphatic heterocycles. The SMILES string of the molecule is CC(C)(C)OC(=O)N1[C@@H]2CC[C@H]1C[C@@H](CC(=O)Cc1ccccc1F)C2. The lowest BCUT2D eigenvalue weighted by Crippen LogP contribution is -2.48. The molecule has 2 bridgehead atoms. The van der Waals surface area contributed by atoms with Gasteiger partial charge in [-0.3, -0.25) is 4.79 Å². The lowest BCUT2D eigenvalue weighted by atomic mass is 9.86. The van der Waals surface area contributed by atoms with Gasteiger partial charge in [0.05, 0.1) is 0 Å². The molecule has 0 unspecified atom stereocenters. The van der Waals surface area contributed by atoms with Crippen molar-refractivity contribution in [2.75, 3.05) is 0 Å². The molecule has 1 amide bonds. The third kappa shape index (κ3) is 4.43. The molecule has 0 aromatic heterocycles. The summed E-state index contributed by atoms with van der Waals surface area (Å²) in [7, 11) is 0. The number of carbonyl (C=O) groups is 2. The number of carbonyl (C=O) groups excluding carboxylic acids is 2. The molecule has 0 radical (unpaired) electrons. The number of hydrogen-bond donors (Lipinski definition) is 0. The Balaban J connectivity index is 1.56. The summed E-state index contributed by atoms with van der Waals surface area (Å²) in [6.45, 7) is 5.63. The average molecular weight is 361 g/mol. The largest absolute Gasteiger partial charge is 0.444 e. The fourth-order valence-electron chi connectivity index (χ4n) is 4.32. The maximum absolute atomic E-state index is 13.7. The van der Waals surface area contributed by atoms with E-state index in [9.17, 15) is 14.0 Å². The van der Waals surface area contributed by atoms with Crippen LogP contribution < -0.4 is 0 Å². The number of Topliss-reactive ketones (excluding diaryl/α,β-unsaturated/α-hetero) is 1. The van der Waals surface area contributed by atoms with E-state index in [0.717, 1.165) is 25.7 Å². The lowest BCUT2D eigenvalue weighted by molar-refractivity contribution is -0.119.